The lowest BCUT2D eigenvalue weighted by atomic mass is 10.2. The highest BCUT2D eigenvalue weighted by Gasteiger charge is 2.17. The van der Waals surface area contributed by atoms with Crippen molar-refractivity contribution in [2.45, 2.75) is 6.92 Å². The van der Waals surface area contributed by atoms with Crippen LogP contribution in [0, 0.1) is 11.3 Å². The number of aromatic nitrogens is 1. The number of rotatable bonds is 4. The molecule has 0 aliphatic heterocycles. The van der Waals surface area contributed by atoms with E-state index in [4.69, 9.17) is 4.74 Å². The second kappa shape index (κ2) is 6.84. The van der Waals surface area contributed by atoms with Crippen molar-refractivity contribution in [2.24, 2.45) is 0 Å². The van der Waals surface area contributed by atoms with Crippen molar-refractivity contribution < 1.29 is 9.53 Å². The highest BCUT2D eigenvalue weighted by molar-refractivity contribution is 5.91. The van der Waals surface area contributed by atoms with Gasteiger partial charge in [0.1, 0.15) is 11.8 Å². The predicted octanol–water partition coefficient (Wildman–Crippen LogP) is 4.16. The van der Waals surface area contributed by atoms with E-state index in [1.807, 2.05) is 60.7 Å². The summed E-state index contributed by atoms with van der Waals surface area (Å²) in [6, 6.07) is 19.2. The normalized spacial score (nSPS) is 10.8. The van der Waals surface area contributed by atoms with Crippen LogP contribution in [0.3, 0.4) is 0 Å². The quantitative estimate of drug-likeness (QED) is 0.679. The molecule has 0 fully saturated rings. The molecular weight excluding hydrogens is 300 g/mol. The third-order valence-corrected chi connectivity index (χ3v) is 3.67. The maximum Gasteiger partial charge on any atom is 0.355 e. The van der Waals surface area contributed by atoms with Crippen molar-refractivity contribution in [3.63, 3.8) is 0 Å². The number of fused-ring (bicyclic) bond motifs is 1. The van der Waals surface area contributed by atoms with Crippen LogP contribution in [0.5, 0.6) is 0 Å². The summed E-state index contributed by atoms with van der Waals surface area (Å²) in [4.78, 5) is 12.2. The first-order chi connectivity index (χ1) is 11.7. The first-order valence-electron chi connectivity index (χ1n) is 7.69. The smallest absolute Gasteiger partial charge is 0.355 e. The fraction of sp³-hybridized carbons (Fsp3) is 0.100. The molecule has 4 nitrogen and oxygen atoms in total. The van der Waals surface area contributed by atoms with Crippen LogP contribution in [0.25, 0.3) is 17.7 Å². The second-order valence-electron chi connectivity index (χ2n) is 5.19. The summed E-state index contributed by atoms with van der Waals surface area (Å²) >= 11 is 0. The Morgan fingerprint density at radius 2 is 1.96 bits per heavy atom. The largest absolute Gasteiger partial charge is 0.461 e. The van der Waals surface area contributed by atoms with Crippen LogP contribution >= 0.6 is 0 Å². The van der Waals surface area contributed by atoms with Gasteiger partial charge in [-0.25, -0.2) is 4.79 Å². The van der Waals surface area contributed by atoms with Crippen LogP contribution in [-0.2, 0) is 4.74 Å². The third kappa shape index (κ3) is 2.92. The first kappa shape index (κ1) is 15.6. The number of carbonyl (C=O) groups is 1. The Balaban J connectivity index is 2.14. The molecule has 0 atom stereocenters. The molecule has 0 radical (unpaired) electrons. The van der Waals surface area contributed by atoms with E-state index in [1.165, 1.54) is 0 Å². The van der Waals surface area contributed by atoms with E-state index in [0.717, 1.165) is 11.3 Å². The van der Waals surface area contributed by atoms with Gasteiger partial charge in [0.2, 0.25) is 0 Å². The topological polar surface area (TPSA) is 54.5 Å². The Hall–Kier alpha value is -3.32. The van der Waals surface area contributed by atoms with E-state index in [-0.39, 0.29) is 6.61 Å². The van der Waals surface area contributed by atoms with Gasteiger partial charge in [-0.1, -0.05) is 42.5 Å². The number of ether oxygens (including phenoxy) is 1. The molecule has 2 aromatic heterocycles. The molecule has 0 aliphatic rings. The number of nitriles is 1. The van der Waals surface area contributed by atoms with Crippen LogP contribution in [0.2, 0.25) is 0 Å². The number of esters is 1. The number of hydrogen-bond donors (Lipinski definition) is 0. The Bertz CT molecular complexity index is 947. The van der Waals surface area contributed by atoms with Gasteiger partial charge in [-0.15, -0.1) is 0 Å². The fourth-order valence-corrected chi connectivity index (χ4v) is 2.60. The molecule has 0 spiro atoms. The summed E-state index contributed by atoms with van der Waals surface area (Å²) in [7, 11) is 0. The SMILES string of the molecule is CCOC(=O)c1cc(C#N)c2cccc(/C=C/c3ccccc3)n12. The average Bonchev–Trinajstić information content (AvgIpc) is 3.00. The molecule has 1 aromatic carbocycles. The highest BCUT2D eigenvalue weighted by Crippen LogP contribution is 2.21. The minimum absolute atomic E-state index is 0.288. The fourth-order valence-electron chi connectivity index (χ4n) is 2.60. The van der Waals surface area contributed by atoms with Gasteiger partial charge in [-0.3, -0.25) is 0 Å². The zero-order valence-corrected chi connectivity index (χ0v) is 13.3. The maximum atomic E-state index is 12.2. The number of pyridine rings is 1. The molecule has 24 heavy (non-hydrogen) atoms. The lowest BCUT2D eigenvalue weighted by Crippen LogP contribution is -2.09. The van der Waals surface area contributed by atoms with Gasteiger partial charge in [0.05, 0.1) is 17.7 Å². The van der Waals surface area contributed by atoms with Gasteiger partial charge in [0.25, 0.3) is 0 Å². The summed E-state index contributed by atoms with van der Waals surface area (Å²) in [6.07, 6.45) is 3.89. The molecule has 0 bridgehead atoms. The lowest BCUT2D eigenvalue weighted by Gasteiger charge is -2.06. The molecule has 0 saturated heterocycles. The number of nitrogens with zero attached hydrogens (tertiary/aromatic N) is 2. The van der Waals surface area contributed by atoms with E-state index in [0.29, 0.717) is 16.8 Å². The van der Waals surface area contributed by atoms with E-state index in [1.54, 1.807) is 17.4 Å². The van der Waals surface area contributed by atoms with Crippen molar-refractivity contribution in [3.05, 3.63) is 77.1 Å². The zero-order chi connectivity index (χ0) is 16.9. The molecular formula is C20H16N2O2. The van der Waals surface area contributed by atoms with E-state index >= 15 is 0 Å². The van der Waals surface area contributed by atoms with Crippen molar-refractivity contribution in [3.8, 4) is 6.07 Å². The molecule has 3 rings (SSSR count). The molecule has 3 aromatic rings. The molecule has 2 heterocycles. The number of benzene rings is 1. The average molecular weight is 316 g/mol. The van der Waals surface area contributed by atoms with Gasteiger partial charge in [-0.2, -0.15) is 5.26 Å². The van der Waals surface area contributed by atoms with Crippen LogP contribution < -0.4 is 0 Å². The van der Waals surface area contributed by atoms with Crippen molar-refractivity contribution >= 4 is 23.6 Å². The Morgan fingerprint density at radius 3 is 2.67 bits per heavy atom. The zero-order valence-electron chi connectivity index (χ0n) is 13.3. The third-order valence-electron chi connectivity index (χ3n) is 3.67. The van der Waals surface area contributed by atoms with Crippen molar-refractivity contribution in [1.29, 1.82) is 5.26 Å². The molecule has 118 valence electrons. The van der Waals surface area contributed by atoms with Crippen LogP contribution in [0.15, 0.2) is 54.6 Å². The van der Waals surface area contributed by atoms with Gasteiger partial charge >= 0.3 is 5.97 Å². The lowest BCUT2D eigenvalue weighted by molar-refractivity contribution is 0.0518. The van der Waals surface area contributed by atoms with E-state index in [9.17, 15) is 10.1 Å². The Kier molecular flexibility index (Phi) is 4.44. The van der Waals surface area contributed by atoms with Gasteiger partial charge in [-0.05, 0) is 36.8 Å². The van der Waals surface area contributed by atoms with E-state index in [2.05, 4.69) is 6.07 Å². The number of carbonyl (C=O) groups excluding carboxylic acids is 1. The maximum absolute atomic E-state index is 12.2. The van der Waals surface area contributed by atoms with Gasteiger partial charge < -0.3 is 9.14 Å². The highest BCUT2D eigenvalue weighted by atomic mass is 16.5. The van der Waals surface area contributed by atoms with E-state index < -0.39 is 5.97 Å². The standard InChI is InChI=1S/C20H16N2O2/c1-2-24-20(23)19-13-16(14-21)18-10-6-9-17(22(18)19)12-11-15-7-4-3-5-8-15/h3-13H,2H2,1H3/b12-11+. The molecule has 0 amide bonds. The first-order valence-corrected chi connectivity index (χ1v) is 7.69. The summed E-state index contributed by atoms with van der Waals surface area (Å²) in [5, 5.41) is 9.33. The minimum atomic E-state index is -0.436. The summed E-state index contributed by atoms with van der Waals surface area (Å²) in [5.74, 6) is -0.436. The molecule has 0 aliphatic carbocycles. The number of hydrogen-bond acceptors (Lipinski definition) is 3. The van der Waals surface area contributed by atoms with Crippen LogP contribution in [-0.4, -0.2) is 17.0 Å². The van der Waals surface area contributed by atoms with Crippen LogP contribution in [0.4, 0.5) is 0 Å². The second-order valence-corrected chi connectivity index (χ2v) is 5.19. The van der Waals surface area contributed by atoms with Crippen molar-refractivity contribution in [1.82, 2.24) is 4.40 Å². The summed E-state index contributed by atoms with van der Waals surface area (Å²) < 4.78 is 6.88. The Labute approximate surface area is 140 Å². The molecule has 4 heteroatoms. The van der Waals surface area contributed by atoms with Gasteiger partial charge in [0.15, 0.2) is 0 Å². The summed E-state index contributed by atoms with van der Waals surface area (Å²) in [5.41, 5.74) is 3.36. The minimum Gasteiger partial charge on any atom is -0.461 e. The molecule has 0 unspecified atom stereocenters. The van der Waals surface area contributed by atoms with Gasteiger partial charge in [0, 0.05) is 5.69 Å². The summed E-state index contributed by atoms with van der Waals surface area (Å²) in [6.45, 7) is 2.05. The Morgan fingerprint density at radius 1 is 1.17 bits per heavy atom. The predicted molar refractivity (Wildman–Crippen MR) is 93.4 cm³/mol. The van der Waals surface area contributed by atoms with Crippen molar-refractivity contribution in [2.75, 3.05) is 6.61 Å². The molecule has 0 saturated carbocycles. The molecule has 0 N–H and O–H groups in total. The van der Waals surface area contributed by atoms with Crippen LogP contribution in [0.1, 0.15) is 34.2 Å². The monoisotopic (exact) mass is 316 g/mol.